The second kappa shape index (κ2) is 10.2. The molecular formula is C24H30N4O4S. The second-order valence-electron chi connectivity index (χ2n) is 7.70. The molecule has 1 fully saturated rings. The normalized spacial score (nSPS) is 16.8. The molecule has 0 bridgehead atoms. The van der Waals surface area contributed by atoms with Crippen molar-refractivity contribution in [3.63, 3.8) is 0 Å². The zero-order valence-corrected chi connectivity index (χ0v) is 20.0. The summed E-state index contributed by atoms with van der Waals surface area (Å²) in [5.74, 6) is -0.499. The third kappa shape index (κ3) is 5.26. The highest BCUT2D eigenvalue weighted by Gasteiger charge is 2.29. The summed E-state index contributed by atoms with van der Waals surface area (Å²) in [6.45, 7) is 5.99. The number of carbonyl (C=O) groups is 2. The molecule has 1 saturated heterocycles. The summed E-state index contributed by atoms with van der Waals surface area (Å²) >= 11 is 0. The molecule has 0 spiro atoms. The summed E-state index contributed by atoms with van der Waals surface area (Å²) in [5.41, 5.74) is 8.37. The summed E-state index contributed by atoms with van der Waals surface area (Å²) in [4.78, 5) is 27.2. The zero-order valence-electron chi connectivity index (χ0n) is 19.2. The molecule has 2 N–H and O–H groups in total. The lowest BCUT2D eigenvalue weighted by molar-refractivity contribution is -0.129. The van der Waals surface area contributed by atoms with Gasteiger partial charge in [-0.3, -0.25) is 9.59 Å². The van der Waals surface area contributed by atoms with Crippen LogP contribution in [0, 0.1) is 0 Å². The Morgan fingerprint density at radius 2 is 1.48 bits per heavy atom. The Morgan fingerprint density at radius 1 is 0.909 bits per heavy atom. The second-order valence-corrected chi connectivity index (χ2v) is 9.64. The van der Waals surface area contributed by atoms with Crippen LogP contribution in [0.15, 0.2) is 65.1 Å². The molecule has 2 aliphatic rings. The number of hydrogen-bond acceptors (Lipinski definition) is 5. The minimum absolute atomic E-state index is 0.00429. The molecule has 33 heavy (non-hydrogen) atoms. The predicted octanol–water partition coefficient (Wildman–Crippen LogP) is 2.07. The first-order valence-corrected chi connectivity index (χ1v) is 12.4. The van der Waals surface area contributed by atoms with Crippen LogP contribution in [0.3, 0.4) is 0 Å². The number of primary amides is 1. The molecule has 0 unspecified atom stereocenters. The van der Waals surface area contributed by atoms with E-state index in [0.717, 1.165) is 23.4 Å². The number of anilines is 1. The summed E-state index contributed by atoms with van der Waals surface area (Å²) < 4.78 is 26.9. The summed E-state index contributed by atoms with van der Waals surface area (Å²) in [5, 5.41) is 0. The number of carbonyl (C=O) groups excluding carboxylic acids is 2. The highest BCUT2D eigenvalue weighted by molar-refractivity contribution is 7.89. The SMILES string of the molecule is CC.CN1CCN(c2ccc(-c3ccc(S(=O)(=O)N4CC=C(C(N)=O)C4)cc3)cc2)CC1=O. The van der Waals surface area contributed by atoms with Gasteiger partial charge in [0.1, 0.15) is 0 Å². The van der Waals surface area contributed by atoms with Gasteiger partial charge >= 0.3 is 0 Å². The van der Waals surface area contributed by atoms with Gasteiger partial charge in [0, 0.05) is 44.5 Å². The van der Waals surface area contributed by atoms with Crippen LogP contribution in [0.25, 0.3) is 11.1 Å². The number of rotatable bonds is 5. The third-order valence-electron chi connectivity index (χ3n) is 5.72. The molecule has 2 heterocycles. The van der Waals surface area contributed by atoms with Gasteiger partial charge in [-0.2, -0.15) is 4.31 Å². The maximum absolute atomic E-state index is 12.8. The van der Waals surface area contributed by atoms with Crippen molar-refractivity contribution in [1.29, 1.82) is 0 Å². The lowest BCUT2D eigenvalue weighted by Gasteiger charge is -2.33. The topological polar surface area (TPSA) is 104 Å². The fraction of sp³-hybridized carbons (Fsp3) is 0.333. The van der Waals surface area contributed by atoms with Gasteiger partial charge in [-0.05, 0) is 35.4 Å². The van der Waals surface area contributed by atoms with Gasteiger partial charge in [-0.25, -0.2) is 8.42 Å². The molecule has 2 aromatic carbocycles. The van der Waals surface area contributed by atoms with E-state index in [2.05, 4.69) is 0 Å². The van der Waals surface area contributed by atoms with E-state index in [1.807, 2.05) is 50.1 Å². The average molecular weight is 471 g/mol. The lowest BCUT2D eigenvalue weighted by Crippen LogP contribution is -2.48. The largest absolute Gasteiger partial charge is 0.366 e. The molecule has 4 rings (SSSR count). The number of amides is 2. The van der Waals surface area contributed by atoms with Crippen molar-refractivity contribution in [2.75, 3.05) is 44.7 Å². The minimum Gasteiger partial charge on any atom is -0.366 e. The Kier molecular flexibility index (Phi) is 7.55. The molecule has 2 aliphatic heterocycles. The van der Waals surface area contributed by atoms with E-state index in [1.165, 1.54) is 4.31 Å². The van der Waals surface area contributed by atoms with E-state index >= 15 is 0 Å². The molecule has 2 amide bonds. The highest BCUT2D eigenvalue weighted by Crippen LogP contribution is 2.27. The molecule has 0 atom stereocenters. The van der Waals surface area contributed by atoms with Crippen LogP contribution in [0.2, 0.25) is 0 Å². The summed E-state index contributed by atoms with van der Waals surface area (Å²) in [6.07, 6.45) is 1.55. The molecule has 9 heteroatoms. The zero-order chi connectivity index (χ0) is 24.2. The minimum atomic E-state index is -3.70. The Morgan fingerprint density at radius 3 is 2.00 bits per heavy atom. The number of sulfonamides is 1. The molecule has 2 aromatic rings. The van der Waals surface area contributed by atoms with Crippen LogP contribution in [-0.4, -0.2) is 69.2 Å². The van der Waals surface area contributed by atoms with Gasteiger partial charge in [0.25, 0.3) is 0 Å². The molecule has 176 valence electrons. The third-order valence-corrected chi connectivity index (χ3v) is 7.55. The van der Waals surface area contributed by atoms with Crippen LogP contribution < -0.4 is 10.6 Å². The summed E-state index contributed by atoms with van der Waals surface area (Å²) in [6, 6.07) is 14.5. The molecule has 0 aromatic heterocycles. The fourth-order valence-electron chi connectivity index (χ4n) is 3.70. The first kappa shape index (κ1) is 24.5. The van der Waals surface area contributed by atoms with Gasteiger partial charge in [0.05, 0.1) is 11.4 Å². The Bertz CT molecular complexity index is 1140. The Balaban J connectivity index is 0.00000149. The number of nitrogens with zero attached hydrogens (tertiary/aromatic N) is 3. The molecule has 8 nitrogen and oxygen atoms in total. The fourth-order valence-corrected chi connectivity index (χ4v) is 5.06. The molecule has 0 radical (unpaired) electrons. The van der Waals surface area contributed by atoms with Gasteiger partial charge in [0.2, 0.25) is 21.8 Å². The van der Waals surface area contributed by atoms with Gasteiger partial charge in [-0.15, -0.1) is 0 Å². The maximum Gasteiger partial charge on any atom is 0.245 e. The van der Waals surface area contributed by atoms with Crippen LogP contribution in [0.5, 0.6) is 0 Å². The van der Waals surface area contributed by atoms with Crippen molar-refractivity contribution >= 4 is 27.5 Å². The Labute approximate surface area is 195 Å². The van der Waals surface area contributed by atoms with Crippen LogP contribution in [-0.2, 0) is 19.6 Å². The molecule has 0 saturated carbocycles. The standard InChI is InChI=1S/C22H24N4O4S.C2H6/c1-24-12-13-25(15-21(24)27)19-6-2-16(3-7-19)17-4-8-20(9-5-17)31(29,30)26-11-10-18(14-26)22(23)28;1-2/h2-10H,11-15H2,1H3,(H2,23,28);1-2H3. The van der Waals surface area contributed by atoms with E-state index in [9.17, 15) is 18.0 Å². The maximum atomic E-state index is 12.8. The number of piperazine rings is 1. The van der Waals surface area contributed by atoms with E-state index in [4.69, 9.17) is 5.73 Å². The van der Waals surface area contributed by atoms with Gasteiger partial charge < -0.3 is 15.5 Å². The first-order chi connectivity index (χ1) is 15.8. The monoisotopic (exact) mass is 470 g/mol. The van der Waals surface area contributed by atoms with E-state index < -0.39 is 15.9 Å². The summed E-state index contributed by atoms with van der Waals surface area (Å²) in [7, 11) is -1.90. The smallest absolute Gasteiger partial charge is 0.245 e. The van der Waals surface area contributed by atoms with Crippen molar-refractivity contribution in [1.82, 2.24) is 9.21 Å². The quantitative estimate of drug-likeness (QED) is 0.721. The highest BCUT2D eigenvalue weighted by atomic mass is 32.2. The van der Waals surface area contributed by atoms with Crippen molar-refractivity contribution in [2.45, 2.75) is 18.7 Å². The van der Waals surface area contributed by atoms with Gasteiger partial charge in [0.15, 0.2) is 0 Å². The number of likely N-dealkylation sites (N-methyl/N-ethyl adjacent to an activating group) is 1. The van der Waals surface area contributed by atoms with Crippen molar-refractivity contribution in [3.05, 3.63) is 60.2 Å². The lowest BCUT2D eigenvalue weighted by atomic mass is 10.1. The van der Waals surface area contributed by atoms with Crippen LogP contribution >= 0.6 is 0 Å². The van der Waals surface area contributed by atoms with E-state index in [-0.39, 0.29) is 23.9 Å². The van der Waals surface area contributed by atoms with Crippen LogP contribution in [0.4, 0.5) is 5.69 Å². The van der Waals surface area contributed by atoms with Crippen molar-refractivity contribution in [2.24, 2.45) is 5.73 Å². The molecule has 0 aliphatic carbocycles. The van der Waals surface area contributed by atoms with E-state index in [0.29, 0.717) is 18.7 Å². The number of benzene rings is 2. The molecular weight excluding hydrogens is 440 g/mol. The first-order valence-electron chi connectivity index (χ1n) is 10.9. The van der Waals surface area contributed by atoms with E-state index in [1.54, 1.807) is 35.2 Å². The van der Waals surface area contributed by atoms with Crippen molar-refractivity contribution in [3.8, 4) is 11.1 Å². The number of hydrogen-bond donors (Lipinski definition) is 1. The predicted molar refractivity (Wildman–Crippen MR) is 129 cm³/mol. The number of nitrogens with two attached hydrogens (primary N) is 1. The van der Waals surface area contributed by atoms with Crippen LogP contribution in [0.1, 0.15) is 13.8 Å². The average Bonchev–Trinajstić information content (AvgIpc) is 3.34. The van der Waals surface area contributed by atoms with Crippen molar-refractivity contribution < 1.29 is 18.0 Å². The van der Waals surface area contributed by atoms with Gasteiger partial charge in [-0.1, -0.05) is 44.2 Å². The Hall–Kier alpha value is -3.17.